The van der Waals surface area contributed by atoms with Crippen molar-refractivity contribution in [2.45, 2.75) is 31.2 Å². The Morgan fingerprint density at radius 2 is 2.00 bits per heavy atom. The summed E-state index contributed by atoms with van der Waals surface area (Å²) in [4.78, 5) is 24.6. The Morgan fingerprint density at radius 1 is 1.29 bits per heavy atom. The van der Waals surface area contributed by atoms with Crippen LogP contribution < -0.4 is 16.4 Å². The first kappa shape index (κ1) is 17.5. The van der Waals surface area contributed by atoms with Crippen molar-refractivity contribution in [3.63, 3.8) is 0 Å². The van der Waals surface area contributed by atoms with Crippen LogP contribution in [0.25, 0.3) is 0 Å². The molecule has 0 heterocycles. The molecular weight excluding hydrogens is 286 g/mol. The van der Waals surface area contributed by atoms with E-state index in [0.29, 0.717) is 24.4 Å². The fourth-order valence-electron chi connectivity index (χ4n) is 1.69. The summed E-state index contributed by atoms with van der Waals surface area (Å²) in [6.07, 6.45) is 0.748. The Labute approximate surface area is 130 Å². The van der Waals surface area contributed by atoms with Gasteiger partial charge in [-0.1, -0.05) is 12.1 Å². The molecule has 0 aliphatic heterocycles. The summed E-state index contributed by atoms with van der Waals surface area (Å²) < 4.78 is 0. The first-order valence-electron chi connectivity index (χ1n) is 7.04. The van der Waals surface area contributed by atoms with Gasteiger partial charge in [0.2, 0.25) is 5.91 Å². The zero-order valence-electron chi connectivity index (χ0n) is 12.5. The molecule has 0 atom stereocenters. The van der Waals surface area contributed by atoms with E-state index in [4.69, 9.17) is 5.73 Å². The molecule has 0 bridgehead atoms. The Kier molecular flexibility index (Phi) is 7.85. The molecule has 0 fully saturated rings. The van der Waals surface area contributed by atoms with Gasteiger partial charge in [-0.25, -0.2) is 0 Å². The van der Waals surface area contributed by atoms with Crippen LogP contribution in [-0.4, -0.2) is 36.7 Å². The number of amides is 2. The fourth-order valence-corrected chi connectivity index (χ4v) is 2.55. The first-order chi connectivity index (χ1) is 10.0. The number of nitrogens with one attached hydrogen (secondary N) is 2. The van der Waals surface area contributed by atoms with Crippen LogP contribution in [0.3, 0.4) is 0 Å². The van der Waals surface area contributed by atoms with Crippen molar-refractivity contribution in [3.8, 4) is 0 Å². The molecule has 0 spiro atoms. The minimum atomic E-state index is -0.129. The number of nitrogens with two attached hydrogens (primary N) is 1. The highest BCUT2D eigenvalue weighted by Gasteiger charge is 2.12. The van der Waals surface area contributed by atoms with Crippen LogP contribution in [0.2, 0.25) is 0 Å². The second-order valence-corrected chi connectivity index (χ2v) is 5.92. The molecule has 4 N–H and O–H groups in total. The van der Waals surface area contributed by atoms with Gasteiger partial charge in [-0.2, -0.15) is 0 Å². The first-order valence-corrected chi connectivity index (χ1v) is 8.02. The summed E-state index contributed by atoms with van der Waals surface area (Å²) in [5, 5.41) is 5.66. The maximum absolute atomic E-state index is 12.1. The molecule has 0 aliphatic carbocycles. The van der Waals surface area contributed by atoms with Gasteiger partial charge in [0.25, 0.3) is 5.91 Å². The molecule has 0 aromatic heterocycles. The van der Waals surface area contributed by atoms with E-state index < -0.39 is 0 Å². The largest absolute Gasteiger partial charge is 0.353 e. The molecule has 21 heavy (non-hydrogen) atoms. The lowest BCUT2D eigenvalue weighted by atomic mass is 10.2. The molecule has 6 heteroatoms. The number of rotatable bonds is 8. The predicted molar refractivity (Wildman–Crippen MR) is 86.4 cm³/mol. The van der Waals surface area contributed by atoms with Crippen LogP contribution in [0.1, 0.15) is 30.6 Å². The molecule has 2 amide bonds. The molecule has 0 radical (unpaired) electrons. The third-order valence-electron chi connectivity index (χ3n) is 2.61. The molecule has 0 saturated carbocycles. The van der Waals surface area contributed by atoms with Crippen LogP contribution in [0, 0.1) is 0 Å². The van der Waals surface area contributed by atoms with Gasteiger partial charge in [-0.05, 0) is 38.9 Å². The monoisotopic (exact) mass is 309 g/mol. The van der Waals surface area contributed by atoms with Crippen LogP contribution in [0.4, 0.5) is 0 Å². The number of carbonyl (C=O) groups is 2. The second-order valence-electron chi connectivity index (χ2n) is 4.91. The summed E-state index contributed by atoms with van der Waals surface area (Å²) >= 11 is 1.37. The zero-order chi connectivity index (χ0) is 15.7. The van der Waals surface area contributed by atoms with Crippen LogP contribution in [0.15, 0.2) is 29.2 Å². The van der Waals surface area contributed by atoms with E-state index in [0.717, 1.165) is 11.3 Å². The Bertz CT molecular complexity index is 478. The van der Waals surface area contributed by atoms with Gasteiger partial charge in [0.05, 0.1) is 11.3 Å². The van der Waals surface area contributed by atoms with Crippen LogP contribution >= 0.6 is 11.8 Å². The molecule has 5 nitrogen and oxygen atoms in total. The van der Waals surface area contributed by atoms with Crippen molar-refractivity contribution >= 4 is 23.6 Å². The van der Waals surface area contributed by atoms with Crippen LogP contribution in [0.5, 0.6) is 0 Å². The topological polar surface area (TPSA) is 84.2 Å². The molecule has 1 rings (SSSR count). The number of hydrogen-bond donors (Lipinski definition) is 3. The van der Waals surface area contributed by atoms with Crippen molar-refractivity contribution in [3.05, 3.63) is 29.8 Å². The molecular formula is C15H23N3O2S. The van der Waals surface area contributed by atoms with Crippen molar-refractivity contribution in [2.24, 2.45) is 5.73 Å². The maximum Gasteiger partial charge on any atom is 0.252 e. The summed E-state index contributed by atoms with van der Waals surface area (Å²) in [5.41, 5.74) is 6.00. The van der Waals surface area contributed by atoms with E-state index in [1.807, 2.05) is 32.0 Å². The summed E-state index contributed by atoms with van der Waals surface area (Å²) in [7, 11) is 0. The number of carbonyl (C=O) groups excluding carboxylic acids is 2. The lowest BCUT2D eigenvalue weighted by molar-refractivity contribution is -0.119. The van der Waals surface area contributed by atoms with Crippen molar-refractivity contribution in [1.82, 2.24) is 10.6 Å². The van der Waals surface area contributed by atoms with Gasteiger partial charge >= 0.3 is 0 Å². The molecule has 1 aromatic rings. The number of hydrogen-bond acceptors (Lipinski definition) is 4. The van der Waals surface area contributed by atoms with Crippen molar-refractivity contribution in [2.75, 3.05) is 18.8 Å². The summed E-state index contributed by atoms with van der Waals surface area (Å²) in [6, 6.07) is 7.41. The average Bonchev–Trinajstić information content (AvgIpc) is 2.45. The van der Waals surface area contributed by atoms with E-state index >= 15 is 0 Å². The summed E-state index contributed by atoms with van der Waals surface area (Å²) in [6.45, 7) is 4.94. The highest BCUT2D eigenvalue weighted by molar-refractivity contribution is 8.00. The molecule has 116 valence electrons. The molecule has 1 aromatic carbocycles. The minimum Gasteiger partial charge on any atom is -0.353 e. The van der Waals surface area contributed by atoms with Crippen molar-refractivity contribution < 1.29 is 9.59 Å². The van der Waals surface area contributed by atoms with Gasteiger partial charge in [0, 0.05) is 17.5 Å². The zero-order valence-corrected chi connectivity index (χ0v) is 13.3. The van der Waals surface area contributed by atoms with Gasteiger partial charge < -0.3 is 16.4 Å². The molecule has 0 saturated heterocycles. The van der Waals surface area contributed by atoms with Crippen molar-refractivity contribution in [1.29, 1.82) is 0 Å². The Hall–Kier alpha value is -1.53. The van der Waals surface area contributed by atoms with E-state index in [2.05, 4.69) is 10.6 Å². The fraction of sp³-hybridized carbons (Fsp3) is 0.467. The maximum atomic E-state index is 12.1. The van der Waals surface area contributed by atoms with E-state index in [1.54, 1.807) is 6.07 Å². The third kappa shape index (κ3) is 6.64. The van der Waals surface area contributed by atoms with E-state index in [9.17, 15) is 9.59 Å². The number of thioether (sulfide) groups is 1. The van der Waals surface area contributed by atoms with E-state index in [-0.39, 0.29) is 17.9 Å². The summed E-state index contributed by atoms with van der Waals surface area (Å²) in [5.74, 6) is 0.134. The lowest BCUT2D eigenvalue weighted by Gasteiger charge is -2.11. The van der Waals surface area contributed by atoms with Gasteiger partial charge in [0.1, 0.15) is 0 Å². The van der Waals surface area contributed by atoms with Gasteiger partial charge in [0.15, 0.2) is 0 Å². The SMILES string of the molecule is CC(C)NC(=O)CSc1ccccc1C(=O)NCCCN. The normalized spacial score (nSPS) is 10.5. The Morgan fingerprint density at radius 3 is 2.67 bits per heavy atom. The molecule has 0 aliphatic rings. The smallest absolute Gasteiger partial charge is 0.252 e. The minimum absolute atomic E-state index is 0.0339. The standard InChI is InChI=1S/C15H23N3O2S/c1-11(2)18-14(19)10-21-13-7-4-3-6-12(13)15(20)17-9-5-8-16/h3-4,6-7,11H,5,8-10,16H2,1-2H3,(H,17,20)(H,18,19). The highest BCUT2D eigenvalue weighted by Crippen LogP contribution is 2.22. The second kappa shape index (κ2) is 9.41. The predicted octanol–water partition coefficient (Wildman–Crippen LogP) is 1.38. The molecule has 0 unspecified atom stereocenters. The van der Waals surface area contributed by atoms with E-state index in [1.165, 1.54) is 11.8 Å². The number of benzene rings is 1. The third-order valence-corrected chi connectivity index (χ3v) is 3.68. The van der Waals surface area contributed by atoms with Crippen LogP contribution in [-0.2, 0) is 4.79 Å². The van der Waals surface area contributed by atoms with Gasteiger partial charge in [-0.3, -0.25) is 9.59 Å². The van der Waals surface area contributed by atoms with Gasteiger partial charge in [-0.15, -0.1) is 11.8 Å². The Balaban J connectivity index is 2.62. The lowest BCUT2D eigenvalue weighted by Crippen LogP contribution is -2.31. The highest BCUT2D eigenvalue weighted by atomic mass is 32.2. The average molecular weight is 309 g/mol. The quantitative estimate of drug-likeness (QED) is 0.500.